The van der Waals surface area contributed by atoms with Gasteiger partial charge in [0.2, 0.25) is 5.95 Å². The Labute approximate surface area is 163 Å². The van der Waals surface area contributed by atoms with E-state index in [1.165, 1.54) is 6.20 Å². The fourth-order valence-electron chi connectivity index (χ4n) is 3.16. The van der Waals surface area contributed by atoms with Crippen molar-refractivity contribution in [3.05, 3.63) is 30.1 Å². The van der Waals surface area contributed by atoms with Crippen molar-refractivity contribution < 1.29 is 14.3 Å². The van der Waals surface area contributed by atoms with Crippen LogP contribution < -0.4 is 10.6 Å². The van der Waals surface area contributed by atoms with Gasteiger partial charge in [0, 0.05) is 30.5 Å². The summed E-state index contributed by atoms with van der Waals surface area (Å²) in [4.78, 5) is 24.0. The van der Waals surface area contributed by atoms with E-state index in [0.29, 0.717) is 35.0 Å². The standard InChI is InChI=1S/C20H26FN5O2/c1-2-14(21)10-23-20-24-11-17(18-8-3-13(12-27)9-22-18)19(26-20)25-15-4-6-16(28)7-5-15/h3,8-9,11-12,14-16,28H,2,4-7,10H2,1H3,(H2,23,24,25,26)/t14-,15?,16?/m0/s1. The highest BCUT2D eigenvalue weighted by Crippen LogP contribution is 2.29. The number of aliphatic hydroxyl groups is 1. The summed E-state index contributed by atoms with van der Waals surface area (Å²) in [6.07, 6.45) is 6.29. The number of hydrogen-bond acceptors (Lipinski definition) is 7. The molecule has 1 saturated carbocycles. The molecule has 2 heterocycles. The first-order valence-corrected chi connectivity index (χ1v) is 9.70. The quantitative estimate of drug-likeness (QED) is 0.598. The van der Waals surface area contributed by atoms with E-state index in [4.69, 9.17) is 0 Å². The normalized spacial score (nSPS) is 20.4. The molecule has 150 valence electrons. The Balaban J connectivity index is 1.84. The van der Waals surface area contributed by atoms with Crippen LogP contribution in [0.15, 0.2) is 24.5 Å². The highest BCUT2D eigenvalue weighted by Gasteiger charge is 2.21. The molecule has 28 heavy (non-hydrogen) atoms. The van der Waals surface area contributed by atoms with Gasteiger partial charge in [0.05, 0.1) is 17.4 Å². The molecule has 0 spiro atoms. The average molecular weight is 387 g/mol. The number of carbonyl (C=O) groups is 1. The summed E-state index contributed by atoms with van der Waals surface area (Å²) in [6, 6.07) is 3.63. The molecular weight excluding hydrogens is 361 g/mol. The molecule has 0 saturated heterocycles. The van der Waals surface area contributed by atoms with Crippen LogP contribution in [0, 0.1) is 0 Å². The number of alkyl halides is 1. The molecule has 0 aromatic carbocycles. The second-order valence-electron chi connectivity index (χ2n) is 7.09. The predicted molar refractivity (Wildman–Crippen MR) is 106 cm³/mol. The molecule has 3 N–H and O–H groups in total. The summed E-state index contributed by atoms with van der Waals surface area (Å²) < 4.78 is 13.5. The van der Waals surface area contributed by atoms with Gasteiger partial charge in [-0.2, -0.15) is 4.98 Å². The minimum absolute atomic E-state index is 0.150. The Morgan fingerprint density at radius 1 is 1.25 bits per heavy atom. The van der Waals surface area contributed by atoms with Crippen LogP contribution in [0.4, 0.5) is 16.2 Å². The zero-order chi connectivity index (χ0) is 19.9. The number of nitrogens with one attached hydrogen (secondary N) is 2. The van der Waals surface area contributed by atoms with Gasteiger partial charge in [-0.25, -0.2) is 9.37 Å². The van der Waals surface area contributed by atoms with Crippen LogP contribution in [0.25, 0.3) is 11.3 Å². The van der Waals surface area contributed by atoms with Gasteiger partial charge in [-0.15, -0.1) is 0 Å². The average Bonchev–Trinajstić information content (AvgIpc) is 2.74. The summed E-state index contributed by atoms with van der Waals surface area (Å²) in [7, 11) is 0. The number of aromatic nitrogens is 3. The molecule has 0 aliphatic heterocycles. The molecular formula is C20H26FN5O2. The Morgan fingerprint density at radius 3 is 2.68 bits per heavy atom. The van der Waals surface area contributed by atoms with Crippen molar-refractivity contribution in [1.82, 2.24) is 15.0 Å². The first-order valence-electron chi connectivity index (χ1n) is 9.70. The molecule has 2 aromatic heterocycles. The minimum atomic E-state index is -0.961. The number of aliphatic hydroxyl groups excluding tert-OH is 1. The molecule has 0 bridgehead atoms. The van der Waals surface area contributed by atoms with Crippen LogP contribution in [0.2, 0.25) is 0 Å². The third-order valence-electron chi connectivity index (χ3n) is 4.95. The summed E-state index contributed by atoms with van der Waals surface area (Å²) in [5.41, 5.74) is 1.85. The zero-order valence-corrected chi connectivity index (χ0v) is 15.9. The van der Waals surface area contributed by atoms with Crippen LogP contribution in [0.1, 0.15) is 49.4 Å². The highest BCUT2D eigenvalue weighted by atomic mass is 19.1. The van der Waals surface area contributed by atoms with Crippen LogP contribution in [-0.4, -0.2) is 51.2 Å². The number of halogens is 1. The van der Waals surface area contributed by atoms with E-state index >= 15 is 0 Å². The number of carbonyl (C=O) groups excluding carboxylic acids is 1. The molecule has 8 heteroatoms. The van der Waals surface area contributed by atoms with Crippen molar-refractivity contribution in [1.29, 1.82) is 0 Å². The molecule has 1 atom stereocenters. The van der Waals surface area contributed by atoms with Crippen LogP contribution in [-0.2, 0) is 0 Å². The van der Waals surface area contributed by atoms with E-state index in [1.54, 1.807) is 25.3 Å². The first kappa shape index (κ1) is 20.1. The topological polar surface area (TPSA) is 100 Å². The lowest BCUT2D eigenvalue weighted by atomic mass is 9.93. The second-order valence-corrected chi connectivity index (χ2v) is 7.09. The van der Waals surface area contributed by atoms with Gasteiger partial charge in [-0.05, 0) is 44.2 Å². The Bertz CT molecular complexity index is 779. The van der Waals surface area contributed by atoms with Crippen molar-refractivity contribution in [2.75, 3.05) is 17.2 Å². The number of nitrogens with zero attached hydrogens (tertiary/aromatic N) is 3. The van der Waals surface area contributed by atoms with Gasteiger partial charge in [-0.1, -0.05) is 6.92 Å². The number of hydrogen-bond donors (Lipinski definition) is 3. The highest BCUT2D eigenvalue weighted by molar-refractivity contribution is 5.77. The van der Waals surface area contributed by atoms with Crippen LogP contribution >= 0.6 is 0 Å². The fraction of sp³-hybridized carbons (Fsp3) is 0.500. The summed E-state index contributed by atoms with van der Waals surface area (Å²) in [6.45, 7) is 1.94. The predicted octanol–water partition coefficient (Wildman–Crippen LogP) is 3.23. The van der Waals surface area contributed by atoms with Crippen LogP contribution in [0.3, 0.4) is 0 Å². The maximum Gasteiger partial charge on any atom is 0.224 e. The molecule has 1 aliphatic rings. The third kappa shape index (κ3) is 5.22. The number of pyridine rings is 1. The van der Waals surface area contributed by atoms with Gasteiger partial charge in [0.1, 0.15) is 12.0 Å². The number of anilines is 2. The van der Waals surface area contributed by atoms with Gasteiger partial charge in [0.15, 0.2) is 6.29 Å². The molecule has 1 fully saturated rings. The van der Waals surface area contributed by atoms with Crippen molar-refractivity contribution in [2.24, 2.45) is 0 Å². The monoisotopic (exact) mass is 387 g/mol. The van der Waals surface area contributed by atoms with Gasteiger partial charge in [-0.3, -0.25) is 9.78 Å². The minimum Gasteiger partial charge on any atom is -0.393 e. The van der Waals surface area contributed by atoms with E-state index in [2.05, 4.69) is 25.6 Å². The lowest BCUT2D eigenvalue weighted by molar-refractivity contribution is 0.112. The lowest BCUT2D eigenvalue weighted by Gasteiger charge is -2.27. The Hall–Kier alpha value is -2.61. The molecule has 0 radical (unpaired) electrons. The van der Waals surface area contributed by atoms with Crippen molar-refractivity contribution in [2.45, 2.75) is 57.3 Å². The van der Waals surface area contributed by atoms with E-state index in [-0.39, 0.29) is 18.7 Å². The Kier molecular flexibility index (Phi) is 6.86. The summed E-state index contributed by atoms with van der Waals surface area (Å²) >= 11 is 0. The Morgan fingerprint density at radius 2 is 2.04 bits per heavy atom. The smallest absolute Gasteiger partial charge is 0.224 e. The molecule has 7 nitrogen and oxygen atoms in total. The maximum atomic E-state index is 13.5. The molecule has 2 aromatic rings. The van der Waals surface area contributed by atoms with Gasteiger partial charge >= 0.3 is 0 Å². The number of rotatable bonds is 8. The summed E-state index contributed by atoms with van der Waals surface area (Å²) in [5.74, 6) is 0.958. The van der Waals surface area contributed by atoms with E-state index in [0.717, 1.165) is 32.0 Å². The van der Waals surface area contributed by atoms with E-state index in [9.17, 15) is 14.3 Å². The van der Waals surface area contributed by atoms with Gasteiger partial charge < -0.3 is 15.7 Å². The molecule has 0 unspecified atom stereocenters. The maximum absolute atomic E-state index is 13.5. The largest absolute Gasteiger partial charge is 0.393 e. The van der Waals surface area contributed by atoms with Crippen molar-refractivity contribution in [3.8, 4) is 11.3 Å². The second kappa shape index (κ2) is 9.54. The first-order chi connectivity index (χ1) is 13.6. The molecule has 0 amide bonds. The van der Waals surface area contributed by atoms with E-state index < -0.39 is 6.17 Å². The number of aldehydes is 1. The molecule has 1 aliphatic carbocycles. The third-order valence-corrected chi connectivity index (χ3v) is 4.95. The summed E-state index contributed by atoms with van der Waals surface area (Å²) in [5, 5.41) is 16.1. The lowest BCUT2D eigenvalue weighted by Crippen LogP contribution is -2.29. The zero-order valence-electron chi connectivity index (χ0n) is 15.9. The van der Waals surface area contributed by atoms with Gasteiger partial charge in [0.25, 0.3) is 0 Å². The van der Waals surface area contributed by atoms with E-state index in [1.807, 2.05) is 0 Å². The SMILES string of the molecule is CC[C@H](F)CNc1ncc(-c2ccc(C=O)cn2)c(NC2CCC(O)CC2)n1. The van der Waals surface area contributed by atoms with Crippen LogP contribution in [0.5, 0.6) is 0 Å². The fourth-order valence-corrected chi connectivity index (χ4v) is 3.16. The van der Waals surface area contributed by atoms with Crippen molar-refractivity contribution in [3.63, 3.8) is 0 Å². The molecule has 3 rings (SSSR count). The van der Waals surface area contributed by atoms with Crippen molar-refractivity contribution >= 4 is 18.1 Å².